The van der Waals surface area contributed by atoms with Crippen LogP contribution in [0.15, 0.2) is 24.3 Å². The van der Waals surface area contributed by atoms with Crippen LogP contribution in [0.5, 0.6) is 0 Å². The maximum atomic E-state index is 3.85. The molecule has 2 aliphatic carbocycles. The van der Waals surface area contributed by atoms with Crippen LogP contribution in [0.3, 0.4) is 0 Å². The summed E-state index contributed by atoms with van der Waals surface area (Å²) in [5, 5.41) is 3.85. The van der Waals surface area contributed by atoms with Gasteiger partial charge in [0.1, 0.15) is 0 Å². The highest BCUT2D eigenvalue weighted by atomic mass is 15.0. The van der Waals surface area contributed by atoms with E-state index >= 15 is 0 Å². The van der Waals surface area contributed by atoms with Gasteiger partial charge in [-0.25, -0.2) is 0 Å². The fourth-order valence-electron chi connectivity index (χ4n) is 3.07. The van der Waals surface area contributed by atoms with Crippen molar-refractivity contribution in [2.75, 3.05) is 0 Å². The molecule has 1 N–H and O–H groups in total. The monoisotopic (exact) mass is 215 g/mol. The Labute approximate surface area is 98.3 Å². The lowest BCUT2D eigenvalue weighted by Gasteiger charge is -2.29. The van der Waals surface area contributed by atoms with E-state index < -0.39 is 0 Å². The average Bonchev–Trinajstić information content (AvgIpc) is 2.84. The van der Waals surface area contributed by atoms with Crippen molar-refractivity contribution in [2.24, 2.45) is 11.3 Å². The minimum atomic E-state index is 0.367. The summed E-state index contributed by atoms with van der Waals surface area (Å²) in [7, 11) is 0. The summed E-state index contributed by atoms with van der Waals surface area (Å²) in [6, 6.07) is 10.2. The van der Waals surface area contributed by atoms with Crippen molar-refractivity contribution in [1.82, 2.24) is 5.32 Å². The first kappa shape index (κ1) is 10.3. The Morgan fingerprint density at radius 2 is 1.94 bits per heavy atom. The summed E-state index contributed by atoms with van der Waals surface area (Å²) < 4.78 is 0. The van der Waals surface area contributed by atoms with Crippen LogP contribution in [0.2, 0.25) is 0 Å². The molecule has 0 spiro atoms. The summed E-state index contributed by atoms with van der Waals surface area (Å²) in [5.41, 5.74) is 3.44. The fourth-order valence-corrected chi connectivity index (χ4v) is 3.07. The summed E-state index contributed by atoms with van der Waals surface area (Å²) in [6.07, 6.45) is 2.57. The molecule has 3 atom stereocenters. The number of hydrogen-bond donors (Lipinski definition) is 1. The molecule has 1 fully saturated rings. The van der Waals surface area contributed by atoms with E-state index in [9.17, 15) is 0 Å². The van der Waals surface area contributed by atoms with Gasteiger partial charge in [0.25, 0.3) is 0 Å². The zero-order chi connectivity index (χ0) is 11.3. The van der Waals surface area contributed by atoms with E-state index in [4.69, 9.17) is 0 Å². The SMILES string of the molecule is CC1CC1NC1c2ccccc2CC1(C)C. The van der Waals surface area contributed by atoms with Gasteiger partial charge in [0.05, 0.1) is 0 Å². The zero-order valence-electron chi connectivity index (χ0n) is 10.5. The summed E-state index contributed by atoms with van der Waals surface area (Å²) in [4.78, 5) is 0. The zero-order valence-corrected chi connectivity index (χ0v) is 10.5. The Balaban J connectivity index is 1.89. The van der Waals surface area contributed by atoms with Gasteiger partial charge in [-0.3, -0.25) is 0 Å². The molecule has 1 heteroatoms. The number of fused-ring (bicyclic) bond motifs is 1. The molecule has 0 aliphatic heterocycles. The second-order valence-electron chi connectivity index (χ2n) is 6.28. The van der Waals surface area contributed by atoms with Gasteiger partial charge in [0.15, 0.2) is 0 Å². The quantitative estimate of drug-likeness (QED) is 0.798. The lowest BCUT2D eigenvalue weighted by molar-refractivity contribution is 0.265. The van der Waals surface area contributed by atoms with Crippen molar-refractivity contribution in [1.29, 1.82) is 0 Å². The molecule has 0 aromatic heterocycles. The molecule has 3 rings (SSSR count). The maximum Gasteiger partial charge on any atom is 0.0380 e. The van der Waals surface area contributed by atoms with E-state index in [1.165, 1.54) is 18.4 Å². The normalized spacial score (nSPS) is 34.8. The predicted molar refractivity (Wildman–Crippen MR) is 67.4 cm³/mol. The fraction of sp³-hybridized carbons (Fsp3) is 0.600. The molecular weight excluding hydrogens is 194 g/mol. The van der Waals surface area contributed by atoms with Crippen molar-refractivity contribution in [2.45, 2.75) is 45.7 Å². The van der Waals surface area contributed by atoms with Crippen molar-refractivity contribution >= 4 is 0 Å². The van der Waals surface area contributed by atoms with E-state index in [2.05, 4.69) is 50.4 Å². The standard InChI is InChI=1S/C15H21N/c1-10-8-13(10)16-14-12-7-5-4-6-11(12)9-15(14,2)3/h4-7,10,13-14,16H,8-9H2,1-3H3. The van der Waals surface area contributed by atoms with Crippen LogP contribution in [0, 0.1) is 11.3 Å². The van der Waals surface area contributed by atoms with Crippen LogP contribution < -0.4 is 5.32 Å². The summed E-state index contributed by atoms with van der Waals surface area (Å²) in [5.74, 6) is 0.878. The molecule has 0 heterocycles. The largest absolute Gasteiger partial charge is 0.306 e. The van der Waals surface area contributed by atoms with Crippen LogP contribution in [0.25, 0.3) is 0 Å². The second-order valence-corrected chi connectivity index (χ2v) is 6.28. The lowest BCUT2D eigenvalue weighted by atomic mass is 9.85. The molecule has 16 heavy (non-hydrogen) atoms. The van der Waals surface area contributed by atoms with Gasteiger partial charge < -0.3 is 5.32 Å². The van der Waals surface area contributed by atoms with Crippen LogP contribution in [0.4, 0.5) is 0 Å². The van der Waals surface area contributed by atoms with Gasteiger partial charge in [-0.1, -0.05) is 45.0 Å². The molecule has 86 valence electrons. The van der Waals surface area contributed by atoms with Crippen molar-refractivity contribution in [3.8, 4) is 0 Å². The first-order chi connectivity index (χ1) is 7.58. The van der Waals surface area contributed by atoms with Gasteiger partial charge in [-0.2, -0.15) is 0 Å². The summed E-state index contributed by atoms with van der Waals surface area (Å²) in [6.45, 7) is 7.11. The minimum absolute atomic E-state index is 0.367. The molecule has 1 aromatic rings. The van der Waals surface area contributed by atoms with Crippen LogP contribution in [-0.4, -0.2) is 6.04 Å². The Hall–Kier alpha value is -0.820. The smallest absolute Gasteiger partial charge is 0.0380 e. The molecule has 2 aliphatic rings. The van der Waals surface area contributed by atoms with E-state index in [0.717, 1.165) is 12.0 Å². The second kappa shape index (κ2) is 3.33. The first-order valence-electron chi connectivity index (χ1n) is 6.42. The van der Waals surface area contributed by atoms with E-state index in [1.54, 1.807) is 5.56 Å². The topological polar surface area (TPSA) is 12.0 Å². The number of benzene rings is 1. The van der Waals surface area contributed by atoms with Crippen LogP contribution in [-0.2, 0) is 6.42 Å². The van der Waals surface area contributed by atoms with Gasteiger partial charge in [0.2, 0.25) is 0 Å². The molecule has 0 saturated heterocycles. The van der Waals surface area contributed by atoms with Crippen molar-refractivity contribution in [3.05, 3.63) is 35.4 Å². The average molecular weight is 215 g/mol. The molecule has 1 aromatic carbocycles. The summed E-state index contributed by atoms with van der Waals surface area (Å²) >= 11 is 0. The van der Waals surface area contributed by atoms with Gasteiger partial charge >= 0.3 is 0 Å². The van der Waals surface area contributed by atoms with Crippen LogP contribution >= 0.6 is 0 Å². The third kappa shape index (κ3) is 1.58. The molecule has 3 unspecified atom stereocenters. The Kier molecular flexibility index (Phi) is 2.16. The highest BCUT2D eigenvalue weighted by Gasteiger charge is 2.43. The van der Waals surface area contributed by atoms with E-state index in [-0.39, 0.29) is 0 Å². The third-order valence-electron chi connectivity index (χ3n) is 4.28. The van der Waals surface area contributed by atoms with Gasteiger partial charge in [-0.05, 0) is 35.3 Å². The molecule has 1 nitrogen and oxygen atoms in total. The third-order valence-corrected chi connectivity index (χ3v) is 4.28. The maximum absolute atomic E-state index is 3.85. The van der Waals surface area contributed by atoms with Crippen molar-refractivity contribution in [3.63, 3.8) is 0 Å². The number of hydrogen-bond acceptors (Lipinski definition) is 1. The molecule has 0 radical (unpaired) electrons. The highest BCUT2D eigenvalue weighted by Crippen LogP contribution is 2.47. The number of nitrogens with one attached hydrogen (secondary N) is 1. The van der Waals surface area contributed by atoms with Gasteiger partial charge in [0, 0.05) is 12.1 Å². The Morgan fingerprint density at radius 3 is 2.62 bits per heavy atom. The van der Waals surface area contributed by atoms with Crippen molar-refractivity contribution < 1.29 is 0 Å². The van der Waals surface area contributed by atoms with Gasteiger partial charge in [-0.15, -0.1) is 0 Å². The number of rotatable bonds is 2. The van der Waals surface area contributed by atoms with E-state index in [1.807, 2.05) is 0 Å². The molecule has 0 bridgehead atoms. The molecule has 1 saturated carbocycles. The lowest BCUT2D eigenvalue weighted by Crippen LogP contribution is -2.33. The first-order valence-corrected chi connectivity index (χ1v) is 6.42. The van der Waals surface area contributed by atoms with Crippen LogP contribution in [0.1, 0.15) is 44.4 Å². The molecular formula is C15H21N. The highest BCUT2D eigenvalue weighted by molar-refractivity contribution is 5.37. The van der Waals surface area contributed by atoms with E-state index in [0.29, 0.717) is 11.5 Å². The Morgan fingerprint density at radius 1 is 1.25 bits per heavy atom. The molecule has 0 amide bonds. The predicted octanol–water partition coefficient (Wildman–Crippen LogP) is 3.31. The Bertz CT molecular complexity index is 408. The minimum Gasteiger partial charge on any atom is -0.306 e.